The Labute approximate surface area is 385 Å². The molecular formula is C46H57ClN8O8S2. The van der Waals surface area contributed by atoms with Gasteiger partial charge in [-0.05, 0) is 123 Å². The second-order valence-corrected chi connectivity index (χ2v) is 20.1. The van der Waals surface area contributed by atoms with Crippen LogP contribution in [0, 0.1) is 25.7 Å². The van der Waals surface area contributed by atoms with Gasteiger partial charge in [-0.3, -0.25) is 9.59 Å². The zero-order valence-corrected chi connectivity index (χ0v) is 39.9. The number of nitrogens with one attached hydrogen (secondary N) is 1. The highest BCUT2D eigenvalue weighted by molar-refractivity contribution is 7.90. The van der Waals surface area contributed by atoms with Crippen molar-refractivity contribution in [2.45, 2.75) is 101 Å². The molecule has 4 heterocycles. The first-order chi connectivity index (χ1) is 31.1. The molecule has 4 aromatic heterocycles. The van der Waals surface area contributed by atoms with Gasteiger partial charge < -0.3 is 19.7 Å². The van der Waals surface area contributed by atoms with Gasteiger partial charge in [-0.15, -0.1) is 0 Å². The maximum absolute atomic E-state index is 13.2. The molecule has 1 N–H and O–H groups in total. The lowest BCUT2D eigenvalue weighted by atomic mass is 9.85. The van der Waals surface area contributed by atoms with E-state index in [1.807, 2.05) is 41.8 Å². The Hall–Kier alpha value is -5.43. The highest BCUT2D eigenvalue weighted by atomic mass is 35.5. The van der Waals surface area contributed by atoms with Crippen LogP contribution in [0.25, 0.3) is 22.1 Å². The summed E-state index contributed by atoms with van der Waals surface area (Å²) in [5, 5.41) is 4.66. The van der Waals surface area contributed by atoms with Gasteiger partial charge in [0.1, 0.15) is 23.6 Å². The number of ether oxygens (including phenoxy) is 2. The van der Waals surface area contributed by atoms with E-state index in [0.29, 0.717) is 41.5 Å². The SMILES string of the molecule is CCOC(=O)C1CCC(N(C)c2ncnc3c2ccn3S(=O)(=O)c2ccc(C)cc2)CC1.CCOC(=O)C1CCC(NC)CC1.Cc1ccc(S(=O)(=O)n2ccc3c(Cl)ncnc32)cc1. The molecule has 2 fully saturated rings. The Balaban J connectivity index is 0.000000180. The number of carbonyl (C=O) groups excluding carboxylic acids is 2. The number of esters is 2. The lowest BCUT2D eigenvalue weighted by molar-refractivity contribution is -0.150. The van der Waals surface area contributed by atoms with Gasteiger partial charge in [-0.25, -0.2) is 44.7 Å². The van der Waals surface area contributed by atoms with Crippen LogP contribution in [0.3, 0.4) is 0 Å². The molecule has 6 aromatic rings. The Kier molecular flexibility index (Phi) is 16.4. The van der Waals surface area contributed by atoms with Crippen LogP contribution in [0.2, 0.25) is 5.15 Å². The Morgan fingerprint density at radius 1 is 0.662 bits per heavy atom. The molecule has 16 nitrogen and oxygen atoms in total. The average Bonchev–Trinajstić information content (AvgIpc) is 3.97. The molecule has 348 valence electrons. The number of hydrogen-bond donors (Lipinski definition) is 1. The molecule has 0 spiro atoms. The summed E-state index contributed by atoms with van der Waals surface area (Å²) in [4.78, 5) is 42.5. The van der Waals surface area contributed by atoms with Gasteiger partial charge in [0.25, 0.3) is 20.0 Å². The van der Waals surface area contributed by atoms with Crippen molar-refractivity contribution in [1.29, 1.82) is 0 Å². The minimum absolute atomic E-state index is 0.00273. The molecule has 0 saturated heterocycles. The lowest BCUT2D eigenvalue weighted by Gasteiger charge is -2.34. The average molecular weight is 950 g/mol. The van der Waals surface area contributed by atoms with Crippen LogP contribution in [0.15, 0.2) is 95.5 Å². The fraction of sp³-hybridized carbons (Fsp3) is 0.435. The maximum Gasteiger partial charge on any atom is 0.308 e. The van der Waals surface area contributed by atoms with Crippen LogP contribution in [0.5, 0.6) is 0 Å². The van der Waals surface area contributed by atoms with Crippen molar-refractivity contribution >= 4 is 71.5 Å². The van der Waals surface area contributed by atoms with E-state index < -0.39 is 20.0 Å². The summed E-state index contributed by atoms with van der Waals surface area (Å²) in [6, 6.07) is 17.5. The minimum Gasteiger partial charge on any atom is -0.466 e. The van der Waals surface area contributed by atoms with E-state index >= 15 is 0 Å². The Bertz CT molecular complexity index is 2780. The van der Waals surface area contributed by atoms with Gasteiger partial charge in [-0.2, -0.15) is 0 Å². The molecule has 0 amide bonds. The van der Waals surface area contributed by atoms with Gasteiger partial charge in [0.05, 0.1) is 45.6 Å². The molecule has 2 aliphatic rings. The molecule has 0 radical (unpaired) electrons. The summed E-state index contributed by atoms with van der Waals surface area (Å²) >= 11 is 5.93. The number of halogens is 1. The largest absolute Gasteiger partial charge is 0.466 e. The van der Waals surface area contributed by atoms with Crippen molar-refractivity contribution in [3.8, 4) is 0 Å². The molecule has 19 heteroatoms. The number of hydrogen-bond acceptors (Lipinski definition) is 14. The second-order valence-electron chi connectivity index (χ2n) is 16.2. The van der Waals surface area contributed by atoms with Gasteiger partial charge in [0.15, 0.2) is 11.3 Å². The zero-order valence-electron chi connectivity index (χ0n) is 37.6. The molecule has 8 rings (SSSR count). The van der Waals surface area contributed by atoms with Crippen LogP contribution in [0.4, 0.5) is 5.82 Å². The summed E-state index contributed by atoms with van der Waals surface area (Å²) in [5.41, 5.74) is 2.60. The van der Waals surface area contributed by atoms with E-state index in [4.69, 9.17) is 21.1 Å². The van der Waals surface area contributed by atoms with Crippen molar-refractivity contribution in [1.82, 2.24) is 33.2 Å². The molecule has 65 heavy (non-hydrogen) atoms. The smallest absolute Gasteiger partial charge is 0.308 e. The van der Waals surface area contributed by atoms with E-state index in [2.05, 4.69) is 30.2 Å². The molecule has 0 unspecified atom stereocenters. The molecule has 2 aliphatic carbocycles. The van der Waals surface area contributed by atoms with Gasteiger partial charge in [0.2, 0.25) is 0 Å². The van der Waals surface area contributed by atoms with E-state index in [-0.39, 0.29) is 50.4 Å². The third-order valence-electron chi connectivity index (χ3n) is 11.9. The van der Waals surface area contributed by atoms with E-state index in [1.165, 1.54) is 29.0 Å². The Morgan fingerprint density at radius 3 is 1.55 bits per heavy atom. The molecule has 0 aliphatic heterocycles. The van der Waals surface area contributed by atoms with Gasteiger partial charge in [0, 0.05) is 31.5 Å². The van der Waals surface area contributed by atoms with Gasteiger partial charge in [-0.1, -0.05) is 47.0 Å². The summed E-state index contributed by atoms with van der Waals surface area (Å²) in [5.74, 6) is 0.677. The van der Waals surface area contributed by atoms with Crippen molar-refractivity contribution in [2.24, 2.45) is 11.8 Å². The number of benzene rings is 2. The predicted molar refractivity (Wildman–Crippen MR) is 250 cm³/mol. The highest BCUT2D eigenvalue weighted by Gasteiger charge is 2.31. The van der Waals surface area contributed by atoms with Crippen molar-refractivity contribution in [3.63, 3.8) is 0 Å². The number of fused-ring (bicyclic) bond motifs is 2. The number of anilines is 1. The van der Waals surface area contributed by atoms with Crippen molar-refractivity contribution in [3.05, 3.63) is 102 Å². The minimum atomic E-state index is -3.77. The first-order valence-electron chi connectivity index (χ1n) is 21.8. The third-order valence-corrected chi connectivity index (χ3v) is 15.6. The highest BCUT2D eigenvalue weighted by Crippen LogP contribution is 2.34. The summed E-state index contributed by atoms with van der Waals surface area (Å²) in [6.07, 6.45) is 13.0. The summed E-state index contributed by atoms with van der Waals surface area (Å²) < 4.78 is 64.1. The van der Waals surface area contributed by atoms with E-state index in [1.54, 1.807) is 60.7 Å². The Morgan fingerprint density at radius 2 is 1.09 bits per heavy atom. The molecule has 0 bridgehead atoms. The van der Waals surface area contributed by atoms with Crippen LogP contribution in [0.1, 0.15) is 76.3 Å². The van der Waals surface area contributed by atoms with Crippen LogP contribution < -0.4 is 10.2 Å². The maximum atomic E-state index is 13.2. The first-order valence-corrected chi connectivity index (χ1v) is 25.0. The monoisotopic (exact) mass is 948 g/mol. The van der Waals surface area contributed by atoms with Gasteiger partial charge >= 0.3 is 11.9 Å². The first kappa shape index (κ1) is 49.0. The number of nitrogens with zero attached hydrogens (tertiary/aromatic N) is 7. The lowest BCUT2D eigenvalue weighted by Crippen LogP contribution is -2.37. The fourth-order valence-electron chi connectivity index (χ4n) is 8.14. The third kappa shape index (κ3) is 11.3. The normalized spacial score (nSPS) is 18.8. The standard InChI is InChI=1S/C23H28N4O4S.C13H10ClN3O2S.C10H19NO2/c1-4-31-23(28)17-7-9-18(10-8-17)26(3)21-20-13-14-27(22(20)25-15-24-21)32(29,30)19-11-5-16(2)6-12-19;1-9-2-4-10(5-3-9)20(18,19)17-7-6-11-12(14)15-8-16-13(11)17;1-3-13-10(12)8-4-6-9(11-2)7-5-8/h5-6,11-15,17-18H,4,7-10H2,1-3H3;2-8H,1H3;8-9,11H,3-7H2,1-2H3. The predicted octanol–water partition coefficient (Wildman–Crippen LogP) is 7.49. The van der Waals surface area contributed by atoms with Crippen LogP contribution >= 0.6 is 11.6 Å². The topological polar surface area (TPSA) is 198 Å². The number of aryl methyl sites for hydroxylation is 2. The quantitative estimate of drug-likeness (QED) is 0.0990. The molecule has 2 aromatic carbocycles. The molecular weight excluding hydrogens is 892 g/mol. The number of carbonyl (C=O) groups is 2. The van der Waals surface area contributed by atoms with E-state index in [0.717, 1.165) is 66.5 Å². The summed E-state index contributed by atoms with van der Waals surface area (Å²) in [7, 11) is -3.52. The van der Waals surface area contributed by atoms with Crippen molar-refractivity contribution < 1.29 is 35.9 Å². The number of aromatic nitrogens is 6. The van der Waals surface area contributed by atoms with Crippen LogP contribution in [-0.4, -0.2) is 96.0 Å². The molecule has 2 saturated carbocycles. The fourth-order valence-corrected chi connectivity index (χ4v) is 10.9. The van der Waals surface area contributed by atoms with Crippen LogP contribution in [-0.2, 0) is 39.1 Å². The summed E-state index contributed by atoms with van der Waals surface area (Å²) in [6.45, 7) is 8.40. The zero-order chi connectivity index (χ0) is 46.9. The second kappa shape index (κ2) is 21.7. The number of rotatable bonds is 11. The van der Waals surface area contributed by atoms with E-state index in [9.17, 15) is 26.4 Å². The molecule has 0 atom stereocenters. The van der Waals surface area contributed by atoms with Crippen molar-refractivity contribution in [2.75, 3.05) is 32.2 Å².